The van der Waals surface area contributed by atoms with Gasteiger partial charge in [0.15, 0.2) is 0 Å². The molecule has 1 aliphatic carbocycles. The maximum atomic E-state index is 9.91. The minimum absolute atomic E-state index is 0.0152. The van der Waals surface area contributed by atoms with Crippen molar-refractivity contribution in [1.29, 1.82) is 0 Å². The van der Waals surface area contributed by atoms with Crippen molar-refractivity contribution in [3.63, 3.8) is 0 Å². The highest BCUT2D eigenvalue weighted by molar-refractivity contribution is 4.81. The molecule has 1 fully saturated rings. The molecule has 3 heteroatoms. The molecule has 0 heterocycles. The smallest absolute Gasteiger partial charge is 0.0837 e. The molecule has 1 saturated carbocycles. The van der Waals surface area contributed by atoms with Crippen LogP contribution in [0.25, 0.3) is 0 Å². The SMILES string of the molecule is CCCOCCOC1CC(C(C)C)CCC1O. The van der Waals surface area contributed by atoms with Crippen molar-refractivity contribution >= 4 is 0 Å². The lowest BCUT2D eigenvalue weighted by molar-refractivity contribution is -0.0882. The van der Waals surface area contributed by atoms with Crippen LogP contribution < -0.4 is 0 Å². The second kappa shape index (κ2) is 8.06. The fourth-order valence-electron chi connectivity index (χ4n) is 2.43. The van der Waals surface area contributed by atoms with E-state index in [1.165, 1.54) is 0 Å². The van der Waals surface area contributed by atoms with Gasteiger partial charge in [-0.15, -0.1) is 0 Å². The molecule has 3 atom stereocenters. The van der Waals surface area contributed by atoms with Gasteiger partial charge in [-0.2, -0.15) is 0 Å². The number of aliphatic hydroxyl groups excluding tert-OH is 1. The Morgan fingerprint density at radius 1 is 1.18 bits per heavy atom. The van der Waals surface area contributed by atoms with Gasteiger partial charge >= 0.3 is 0 Å². The summed E-state index contributed by atoms with van der Waals surface area (Å²) in [6.45, 7) is 8.65. The predicted octanol–water partition coefficient (Wildman–Crippen LogP) is 2.62. The molecule has 0 saturated heterocycles. The summed E-state index contributed by atoms with van der Waals surface area (Å²) >= 11 is 0. The van der Waals surface area contributed by atoms with Crippen LogP contribution in [0.15, 0.2) is 0 Å². The third kappa shape index (κ3) is 5.36. The minimum atomic E-state index is -0.281. The van der Waals surface area contributed by atoms with Crippen molar-refractivity contribution in [2.45, 2.75) is 58.7 Å². The van der Waals surface area contributed by atoms with Gasteiger partial charge in [-0.25, -0.2) is 0 Å². The molecule has 1 N–H and O–H groups in total. The van der Waals surface area contributed by atoms with E-state index in [1.807, 2.05) is 0 Å². The van der Waals surface area contributed by atoms with E-state index in [0.29, 0.717) is 25.0 Å². The Hall–Kier alpha value is -0.120. The van der Waals surface area contributed by atoms with Crippen molar-refractivity contribution in [2.75, 3.05) is 19.8 Å². The Bertz CT molecular complexity index is 194. The zero-order chi connectivity index (χ0) is 12.7. The molecule has 0 aromatic heterocycles. The van der Waals surface area contributed by atoms with Crippen LogP contribution in [0.3, 0.4) is 0 Å². The molecule has 0 radical (unpaired) electrons. The maximum Gasteiger partial charge on any atom is 0.0837 e. The second-order valence-electron chi connectivity index (χ2n) is 5.41. The van der Waals surface area contributed by atoms with Crippen LogP contribution in [0.4, 0.5) is 0 Å². The monoisotopic (exact) mass is 244 g/mol. The maximum absolute atomic E-state index is 9.91. The molecule has 0 bridgehead atoms. The molecule has 1 rings (SSSR count). The number of hydrogen-bond donors (Lipinski definition) is 1. The minimum Gasteiger partial charge on any atom is -0.390 e. The van der Waals surface area contributed by atoms with Gasteiger partial charge in [0.05, 0.1) is 25.4 Å². The van der Waals surface area contributed by atoms with Gasteiger partial charge < -0.3 is 14.6 Å². The average molecular weight is 244 g/mol. The Morgan fingerprint density at radius 3 is 2.59 bits per heavy atom. The zero-order valence-corrected chi connectivity index (χ0v) is 11.5. The van der Waals surface area contributed by atoms with Gasteiger partial charge in [-0.1, -0.05) is 20.8 Å². The van der Waals surface area contributed by atoms with E-state index < -0.39 is 0 Å². The van der Waals surface area contributed by atoms with Crippen LogP contribution in [0.1, 0.15) is 46.5 Å². The van der Waals surface area contributed by atoms with Gasteiger partial charge in [0.25, 0.3) is 0 Å². The van der Waals surface area contributed by atoms with E-state index in [9.17, 15) is 5.11 Å². The fourth-order valence-corrected chi connectivity index (χ4v) is 2.43. The van der Waals surface area contributed by atoms with Crippen LogP contribution in [0.5, 0.6) is 0 Å². The van der Waals surface area contributed by atoms with Gasteiger partial charge in [-0.3, -0.25) is 0 Å². The lowest BCUT2D eigenvalue weighted by Gasteiger charge is -2.35. The van der Waals surface area contributed by atoms with Crippen LogP contribution in [0, 0.1) is 11.8 Å². The molecule has 3 unspecified atom stereocenters. The Balaban J connectivity index is 2.20. The summed E-state index contributed by atoms with van der Waals surface area (Å²) in [6.07, 6.45) is 3.78. The van der Waals surface area contributed by atoms with E-state index in [1.54, 1.807) is 0 Å². The first kappa shape index (κ1) is 14.9. The van der Waals surface area contributed by atoms with Crippen molar-refractivity contribution in [3.05, 3.63) is 0 Å². The number of rotatable bonds is 7. The van der Waals surface area contributed by atoms with Crippen molar-refractivity contribution in [1.82, 2.24) is 0 Å². The first-order valence-electron chi connectivity index (χ1n) is 7.02. The summed E-state index contributed by atoms with van der Waals surface area (Å²) in [5.74, 6) is 1.38. The van der Waals surface area contributed by atoms with E-state index in [0.717, 1.165) is 32.3 Å². The van der Waals surface area contributed by atoms with Crippen molar-refractivity contribution in [3.8, 4) is 0 Å². The van der Waals surface area contributed by atoms with Crippen LogP contribution >= 0.6 is 0 Å². The molecule has 0 spiro atoms. The van der Waals surface area contributed by atoms with Crippen molar-refractivity contribution < 1.29 is 14.6 Å². The number of hydrogen-bond acceptors (Lipinski definition) is 3. The van der Waals surface area contributed by atoms with E-state index in [-0.39, 0.29) is 12.2 Å². The summed E-state index contributed by atoms with van der Waals surface area (Å²) in [4.78, 5) is 0. The van der Waals surface area contributed by atoms with Crippen molar-refractivity contribution in [2.24, 2.45) is 11.8 Å². The second-order valence-corrected chi connectivity index (χ2v) is 5.41. The Labute approximate surface area is 105 Å². The highest BCUT2D eigenvalue weighted by Gasteiger charge is 2.31. The zero-order valence-electron chi connectivity index (χ0n) is 11.5. The normalized spacial score (nSPS) is 29.8. The van der Waals surface area contributed by atoms with Crippen LogP contribution in [-0.4, -0.2) is 37.1 Å². The number of ether oxygens (including phenoxy) is 2. The summed E-state index contributed by atoms with van der Waals surface area (Å²) in [7, 11) is 0. The largest absolute Gasteiger partial charge is 0.390 e. The lowest BCUT2D eigenvalue weighted by atomic mass is 9.79. The lowest BCUT2D eigenvalue weighted by Crippen LogP contribution is -2.38. The average Bonchev–Trinajstić information content (AvgIpc) is 2.30. The van der Waals surface area contributed by atoms with E-state index in [2.05, 4.69) is 20.8 Å². The Kier molecular flexibility index (Phi) is 7.09. The molecular weight excluding hydrogens is 216 g/mol. The topological polar surface area (TPSA) is 38.7 Å². The first-order chi connectivity index (χ1) is 8.15. The van der Waals surface area contributed by atoms with Gasteiger partial charge in [0.1, 0.15) is 0 Å². The first-order valence-corrected chi connectivity index (χ1v) is 7.02. The molecule has 0 aromatic carbocycles. The third-order valence-corrected chi connectivity index (χ3v) is 3.65. The summed E-state index contributed by atoms with van der Waals surface area (Å²) < 4.78 is 11.1. The molecule has 0 aromatic rings. The molecule has 0 amide bonds. The van der Waals surface area contributed by atoms with Gasteiger partial charge in [-0.05, 0) is 37.5 Å². The predicted molar refractivity (Wildman–Crippen MR) is 69.0 cm³/mol. The van der Waals surface area contributed by atoms with Gasteiger partial charge in [0, 0.05) is 6.61 Å². The molecule has 3 nitrogen and oxygen atoms in total. The summed E-state index contributed by atoms with van der Waals surface area (Å²) in [6, 6.07) is 0. The molecule has 1 aliphatic rings. The summed E-state index contributed by atoms with van der Waals surface area (Å²) in [5, 5.41) is 9.91. The quantitative estimate of drug-likeness (QED) is 0.700. The third-order valence-electron chi connectivity index (χ3n) is 3.65. The van der Waals surface area contributed by atoms with Gasteiger partial charge in [0.2, 0.25) is 0 Å². The summed E-state index contributed by atoms with van der Waals surface area (Å²) in [5.41, 5.74) is 0. The highest BCUT2D eigenvalue weighted by atomic mass is 16.5. The molecule has 102 valence electrons. The van der Waals surface area contributed by atoms with E-state index >= 15 is 0 Å². The molecular formula is C14H28O3. The fraction of sp³-hybridized carbons (Fsp3) is 1.00. The molecule has 17 heavy (non-hydrogen) atoms. The number of aliphatic hydroxyl groups is 1. The standard InChI is InChI=1S/C14H28O3/c1-4-7-16-8-9-17-14-10-12(11(2)3)5-6-13(14)15/h11-15H,4-10H2,1-3H3. The van der Waals surface area contributed by atoms with Crippen LogP contribution in [0.2, 0.25) is 0 Å². The molecule has 0 aliphatic heterocycles. The Morgan fingerprint density at radius 2 is 1.94 bits per heavy atom. The highest BCUT2D eigenvalue weighted by Crippen LogP contribution is 2.31. The van der Waals surface area contributed by atoms with Crippen LogP contribution in [-0.2, 0) is 9.47 Å². The van der Waals surface area contributed by atoms with E-state index in [4.69, 9.17) is 9.47 Å².